The van der Waals surface area contributed by atoms with Gasteiger partial charge in [-0.15, -0.1) is 0 Å². The maximum Gasteiger partial charge on any atom is 0.251 e. The van der Waals surface area contributed by atoms with E-state index in [1.807, 2.05) is 25.1 Å². The first kappa shape index (κ1) is 17.4. The van der Waals surface area contributed by atoms with Crippen molar-refractivity contribution in [1.82, 2.24) is 10.6 Å². The molecule has 0 aliphatic carbocycles. The third-order valence-electron chi connectivity index (χ3n) is 3.63. The van der Waals surface area contributed by atoms with Gasteiger partial charge in [0.25, 0.3) is 11.8 Å². The minimum absolute atomic E-state index is 0.144. The molecule has 0 aliphatic rings. The summed E-state index contributed by atoms with van der Waals surface area (Å²) in [6.45, 7) is 2.21. The summed E-state index contributed by atoms with van der Waals surface area (Å²) in [7, 11) is 0. The van der Waals surface area contributed by atoms with Crippen LogP contribution in [0, 0.1) is 0 Å². The summed E-state index contributed by atoms with van der Waals surface area (Å²) in [4.78, 5) is 34.7. The van der Waals surface area contributed by atoms with E-state index in [9.17, 15) is 14.4 Å². The molecule has 2 N–H and O–H groups in total. The van der Waals surface area contributed by atoms with Crippen LogP contribution in [0.2, 0.25) is 0 Å². The smallest absolute Gasteiger partial charge is 0.251 e. The second-order valence-corrected chi connectivity index (χ2v) is 5.37. The number of rotatable bonds is 7. The van der Waals surface area contributed by atoms with Crippen molar-refractivity contribution in [2.24, 2.45) is 0 Å². The molecule has 0 fully saturated rings. The van der Waals surface area contributed by atoms with E-state index < -0.39 is 6.04 Å². The van der Waals surface area contributed by atoms with E-state index in [4.69, 9.17) is 0 Å². The first-order valence-corrected chi connectivity index (χ1v) is 7.82. The van der Waals surface area contributed by atoms with Crippen LogP contribution in [0.3, 0.4) is 0 Å². The van der Waals surface area contributed by atoms with Gasteiger partial charge in [0.1, 0.15) is 6.29 Å². The van der Waals surface area contributed by atoms with Crippen molar-refractivity contribution in [3.63, 3.8) is 0 Å². The predicted octanol–water partition coefficient (Wildman–Crippen LogP) is 2.32. The molecule has 2 aromatic rings. The summed E-state index contributed by atoms with van der Waals surface area (Å²) in [5.41, 5.74) is 1.97. The van der Waals surface area contributed by atoms with Crippen molar-refractivity contribution >= 4 is 18.1 Å². The Hall–Kier alpha value is -2.95. The van der Waals surface area contributed by atoms with Gasteiger partial charge in [-0.1, -0.05) is 37.3 Å². The summed E-state index contributed by atoms with van der Waals surface area (Å²) in [6, 6.07) is 15.4. The third-order valence-corrected chi connectivity index (χ3v) is 3.63. The van der Waals surface area contributed by atoms with E-state index in [-0.39, 0.29) is 11.8 Å². The van der Waals surface area contributed by atoms with Gasteiger partial charge in [-0.25, -0.2) is 0 Å². The minimum Gasteiger partial charge on any atom is -0.348 e. The number of hydrogen-bond acceptors (Lipinski definition) is 3. The van der Waals surface area contributed by atoms with Gasteiger partial charge < -0.3 is 15.4 Å². The van der Waals surface area contributed by atoms with E-state index in [2.05, 4.69) is 10.6 Å². The molecule has 2 rings (SSSR count). The second-order valence-electron chi connectivity index (χ2n) is 5.37. The first-order valence-electron chi connectivity index (χ1n) is 7.82. The lowest BCUT2D eigenvalue weighted by Gasteiger charge is -2.11. The molecule has 0 saturated carbocycles. The van der Waals surface area contributed by atoms with Crippen molar-refractivity contribution in [3.8, 4) is 0 Å². The quantitative estimate of drug-likeness (QED) is 0.768. The Morgan fingerprint density at radius 2 is 1.58 bits per heavy atom. The number of benzene rings is 2. The maximum atomic E-state index is 12.0. The molecule has 0 radical (unpaired) electrons. The molecule has 24 heavy (non-hydrogen) atoms. The fourth-order valence-corrected chi connectivity index (χ4v) is 2.13. The highest BCUT2D eigenvalue weighted by Gasteiger charge is 2.11. The van der Waals surface area contributed by atoms with Gasteiger partial charge in [0.15, 0.2) is 0 Å². The van der Waals surface area contributed by atoms with Gasteiger partial charge in [0.05, 0.1) is 6.04 Å². The van der Waals surface area contributed by atoms with E-state index in [0.717, 1.165) is 11.8 Å². The molecule has 0 heterocycles. The van der Waals surface area contributed by atoms with Crippen molar-refractivity contribution in [2.75, 3.05) is 0 Å². The predicted molar refractivity (Wildman–Crippen MR) is 91.7 cm³/mol. The van der Waals surface area contributed by atoms with Crippen molar-refractivity contribution in [1.29, 1.82) is 0 Å². The normalized spacial score (nSPS) is 11.4. The van der Waals surface area contributed by atoms with Crippen LogP contribution in [0.15, 0.2) is 54.6 Å². The number of carbonyl (C=O) groups is 3. The standard InChI is InChI=1S/C19H20N2O3/c1-2-17(13-22)21-19(24)16-10-8-14(9-11-16)12-20-18(23)15-6-4-3-5-7-15/h3-11,13,17H,2,12H2,1H3,(H,20,23)(H,21,24). The molecule has 0 aliphatic heterocycles. The minimum atomic E-state index is -0.470. The third kappa shape index (κ3) is 4.78. The average Bonchev–Trinajstić information content (AvgIpc) is 2.65. The monoisotopic (exact) mass is 324 g/mol. The van der Waals surface area contributed by atoms with E-state index in [1.54, 1.807) is 36.4 Å². The highest BCUT2D eigenvalue weighted by atomic mass is 16.2. The molecule has 0 bridgehead atoms. The molecule has 2 amide bonds. The fraction of sp³-hybridized carbons (Fsp3) is 0.211. The van der Waals surface area contributed by atoms with Crippen molar-refractivity contribution in [2.45, 2.75) is 25.9 Å². The van der Waals surface area contributed by atoms with Crippen LogP contribution in [0.5, 0.6) is 0 Å². The highest BCUT2D eigenvalue weighted by molar-refractivity contribution is 5.96. The Kier molecular flexibility index (Phi) is 6.25. The Morgan fingerprint density at radius 3 is 2.17 bits per heavy atom. The summed E-state index contributed by atoms with van der Waals surface area (Å²) in [5.74, 6) is -0.428. The van der Waals surface area contributed by atoms with Crippen LogP contribution in [-0.4, -0.2) is 24.1 Å². The number of hydrogen-bond donors (Lipinski definition) is 2. The highest BCUT2D eigenvalue weighted by Crippen LogP contribution is 2.06. The SMILES string of the molecule is CCC(C=O)NC(=O)c1ccc(CNC(=O)c2ccccc2)cc1. The van der Waals surface area contributed by atoms with Crippen LogP contribution in [0.25, 0.3) is 0 Å². The lowest BCUT2D eigenvalue weighted by Crippen LogP contribution is -2.35. The zero-order chi connectivity index (χ0) is 17.4. The molecule has 124 valence electrons. The van der Waals surface area contributed by atoms with Crippen LogP contribution in [-0.2, 0) is 11.3 Å². The van der Waals surface area contributed by atoms with Crippen molar-refractivity contribution < 1.29 is 14.4 Å². The summed E-state index contributed by atoms with van der Waals surface area (Å²) in [6.07, 6.45) is 1.28. The molecule has 2 aromatic carbocycles. The zero-order valence-corrected chi connectivity index (χ0v) is 13.5. The maximum absolute atomic E-state index is 12.0. The molecule has 0 spiro atoms. The summed E-state index contributed by atoms with van der Waals surface area (Å²) >= 11 is 0. The van der Waals surface area contributed by atoms with E-state index in [0.29, 0.717) is 24.1 Å². The van der Waals surface area contributed by atoms with E-state index in [1.165, 1.54) is 0 Å². The number of nitrogens with one attached hydrogen (secondary N) is 2. The summed E-state index contributed by atoms with van der Waals surface area (Å²) in [5, 5.41) is 5.48. The van der Waals surface area contributed by atoms with Gasteiger partial charge in [0, 0.05) is 17.7 Å². The molecule has 1 atom stereocenters. The molecular formula is C19H20N2O3. The van der Waals surface area contributed by atoms with Crippen molar-refractivity contribution in [3.05, 3.63) is 71.3 Å². The zero-order valence-electron chi connectivity index (χ0n) is 13.5. The summed E-state index contributed by atoms with van der Waals surface area (Å²) < 4.78 is 0. The number of amides is 2. The molecule has 5 nitrogen and oxygen atoms in total. The largest absolute Gasteiger partial charge is 0.348 e. The molecular weight excluding hydrogens is 304 g/mol. The van der Waals surface area contributed by atoms with Crippen LogP contribution >= 0.6 is 0 Å². The van der Waals surface area contributed by atoms with E-state index >= 15 is 0 Å². The van der Waals surface area contributed by atoms with Gasteiger partial charge >= 0.3 is 0 Å². The fourth-order valence-electron chi connectivity index (χ4n) is 2.13. The Bertz CT molecular complexity index is 696. The lowest BCUT2D eigenvalue weighted by molar-refractivity contribution is -0.109. The Balaban J connectivity index is 1.91. The van der Waals surface area contributed by atoms with Gasteiger partial charge in [0.2, 0.25) is 0 Å². The Morgan fingerprint density at radius 1 is 0.958 bits per heavy atom. The molecule has 5 heteroatoms. The molecule has 0 saturated heterocycles. The van der Waals surface area contributed by atoms with Crippen LogP contribution in [0.4, 0.5) is 0 Å². The molecule has 1 unspecified atom stereocenters. The lowest BCUT2D eigenvalue weighted by atomic mass is 10.1. The first-order chi connectivity index (χ1) is 11.6. The number of aldehydes is 1. The molecule has 0 aromatic heterocycles. The Labute approximate surface area is 141 Å². The van der Waals surface area contributed by atoms with Gasteiger partial charge in [-0.2, -0.15) is 0 Å². The van der Waals surface area contributed by atoms with Gasteiger partial charge in [-0.3, -0.25) is 9.59 Å². The number of carbonyl (C=O) groups excluding carboxylic acids is 3. The van der Waals surface area contributed by atoms with Crippen LogP contribution in [0.1, 0.15) is 39.6 Å². The average molecular weight is 324 g/mol. The topological polar surface area (TPSA) is 75.3 Å². The second kappa shape index (κ2) is 8.62. The van der Waals surface area contributed by atoms with Crippen LogP contribution < -0.4 is 10.6 Å². The van der Waals surface area contributed by atoms with Gasteiger partial charge in [-0.05, 0) is 36.2 Å².